The molecule has 1 rings (SSSR count). The fourth-order valence-corrected chi connectivity index (χ4v) is 2.11. The van der Waals surface area contributed by atoms with E-state index in [0.717, 1.165) is 23.1 Å². The van der Waals surface area contributed by atoms with E-state index < -0.39 is 0 Å². The van der Waals surface area contributed by atoms with Crippen LogP contribution >= 0.6 is 15.9 Å². The van der Waals surface area contributed by atoms with Crippen molar-refractivity contribution in [2.24, 2.45) is 18.8 Å². The smallest absolute Gasteiger partial charge is 0.153 e. The van der Waals surface area contributed by atoms with Crippen LogP contribution in [0.3, 0.4) is 0 Å². The van der Waals surface area contributed by atoms with E-state index >= 15 is 0 Å². The SMILES string of the molecule is CC(C)CCC(NN)c1c(Br)nnn1C. The molecule has 0 aliphatic carbocycles. The highest BCUT2D eigenvalue weighted by Gasteiger charge is 2.18. The molecule has 1 aromatic rings. The van der Waals surface area contributed by atoms with Crippen LogP contribution in [0.5, 0.6) is 0 Å². The van der Waals surface area contributed by atoms with Gasteiger partial charge in [0, 0.05) is 7.05 Å². The molecule has 0 spiro atoms. The van der Waals surface area contributed by atoms with Crippen molar-refractivity contribution >= 4 is 15.9 Å². The molecule has 1 atom stereocenters. The lowest BCUT2D eigenvalue weighted by Crippen LogP contribution is -2.30. The van der Waals surface area contributed by atoms with Gasteiger partial charge in [-0.15, -0.1) is 5.10 Å². The average Bonchev–Trinajstić information content (AvgIpc) is 2.49. The van der Waals surface area contributed by atoms with Gasteiger partial charge in [0.1, 0.15) is 0 Å². The largest absolute Gasteiger partial charge is 0.271 e. The van der Waals surface area contributed by atoms with Gasteiger partial charge in [-0.2, -0.15) is 0 Å². The monoisotopic (exact) mass is 275 g/mol. The van der Waals surface area contributed by atoms with E-state index in [1.54, 1.807) is 4.68 Å². The highest BCUT2D eigenvalue weighted by molar-refractivity contribution is 9.10. The molecule has 86 valence electrons. The number of aryl methyl sites for hydroxylation is 1. The van der Waals surface area contributed by atoms with Crippen molar-refractivity contribution < 1.29 is 0 Å². The maximum absolute atomic E-state index is 5.55. The molecule has 0 saturated carbocycles. The number of nitrogens with one attached hydrogen (secondary N) is 1. The fourth-order valence-electron chi connectivity index (χ4n) is 1.51. The molecular formula is C9H18BrN5. The molecule has 0 saturated heterocycles. The van der Waals surface area contributed by atoms with Gasteiger partial charge in [-0.1, -0.05) is 19.1 Å². The number of nitrogens with zero attached hydrogens (tertiary/aromatic N) is 3. The minimum Gasteiger partial charge on any atom is -0.271 e. The van der Waals surface area contributed by atoms with Crippen LogP contribution in [-0.2, 0) is 7.05 Å². The van der Waals surface area contributed by atoms with E-state index in [0.29, 0.717) is 5.92 Å². The number of hydrogen-bond donors (Lipinski definition) is 2. The van der Waals surface area contributed by atoms with Gasteiger partial charge in [0.2, 0.25) is 0 Å². The molecule has 5 nitrogen and oxygen atoms in total. The molecule has 0 aliphatic heterocycles. The Balaban J connectivity index is 2.74. The van der Waals surface area contributed by atoms with Crippen LogP contribution in [0.1, 0.15) is 38.4 Å². The number of rotatable bonds is 5. The van der Waals surface area contributed by atoms with Crippen LogP contribution in [0.25, 0.3) is 0 Å². The highest BCUT2D eigenvalue weighted by atomic mass is 79.9. The first-order valence-electron chi connectivity index (χ1n) is 5.07. The van der Waals surface area contributed by atoms with Crippen LogP contribution < -0.4 is 11.3 Å². The predicted octanol–water partition coefficient (Wildman–Crippen LogP) is 1.52. The van der Waals surface area contributed by atoms with E-state index in [1.807, 2.05) is 7.05 Å². The summed E-state index contributed by atoms with van der Waals surface area (Å²) in [5, 5.41) is 7.88. The third-order valence-electron chi connectivity index (χ3n) is 2.39. The normalized spacial score (nSPS) is 13.5. The average molecular weight is 276 g/mol. The van der Waals surface area contributed by atoms with Gasteiger partial charge in [0.05, 0.1) is 11.7 Å². The Hall–Kier alpha value is -0.460. The van der Waals surface area contributed by atoms with Crippen LogP contribution in [0, 0.1) is 5.92 Å². The van der Waals surface area contributed by atoms with Gasteiger partial charge in [0.15, 0.2) is 4.60 Å². The number of hydrogen-bond acceptors (Lipinski definition) is 4. The maximum Gasteiger partial charge on any atom is 0.153 e. The molecule has 1 heterocycles. The Morgan fingerprint density at radius 1 is 1.47 bits per heavy atom. The lowest BCUT2D eigenvalue weighted by atomic mass is 10.0. The van der Waals surface area contributed by atoms with Crippen LogP contribution in [0.2, 0.25) is 0 Å². The quantitative estimate of drug-likeness (QED) is 0.632. The molecule has 0 aromatic carbocycles. The maximum atomic E-state index is 5.55. The lowest BCUT2D eigenvalue weighted by Gasteiger charge is -2.17. The summed E-state index contributed by atoms with van der Waals surface area (Å²) in [5.74, 6) is 6.22. The molecule has 1 aromatic heterocycles. The molecule has 3 N–H and O–H groups in total. The zero-order valence-electron chi connectivity index (χ0n) is 9.37. The molecular weight excluding hydrogens is 258 g/mol. The zero-order chi connectivity index (χ0) is 11.4. The summed E-state index contributed by atoms with van der Waals surface area (Å²) < 4.78 is 2.51. The Bertz CT molecular complexity index is 290. The van der Waals surface area contributed by atoms with Crippen molar-refractivity contribution in [1.29, 1.82) is 0 Å². The highest BCUT2D eigenvalue weighted by Crippen LogP contribution is 2.24. The Labute approximate surface area is 98.5 Å². The topological polar surface area (TPSA) is 68.8 Å². The van der Waals surface area contributed by atoms with Crippen molar-refractivity contribution in [2.45, 2.75) is 32.7 Å². The fraction of sp³-hybridized carbons (Fsp3) is 0.778. The summed E-state index contributed by atoms with van der Waals surface area (Å²) in [6, 6.07) is 0.0989. The number of hydrazine groups is 1. The second-order valence-electron chi connectivity index (χ2n) is 4.08. The molecule has 15 heavy (non-hydrogen) atoms. The molecule has 0 bridgehead atoms. The lowest BCUT2D eigenvalue weighted by molar-refractivity contribution is 0.427. The molecule has 6 heteroatoms. The molecule has 0 radical (unpaired) electrons. The van der Waals surface area contributed by atoms with Gasteiger partial charge in [-0.3, -0.25) is 11.3 Å². The summed E-state index contributed by atoms with van der Waals surface area (Å²) in [4.78, 5) is 0. The first kappa shape index (κ1) is 12.6. The summed E-state index contributed by atoms with van der Waals surface area (Å²) in [5.41, 5.74) is 3.81. The van der Waals surface area contributed by atoms with E-state index in [1.165, 1.54) is 0 Å². The molecule has 0 amide bonds. The second kappa shape index (κ2) is 5.58. The molecule has 0 aliphatic rings. The van der Waals surface area contributed by atoms with Crippen LogP contribution in [0.4, 0.5) is 0 Å². The minimum absolute atomic E-state index is 0.0989. The Morgan fingerprint density at radius 2 is 2.13 bits per heavy atom. The van der Waals surface area contributed by atoms with Gasteiger partial charge in [-0.05, 0) is 34.7 Å². The summed E-state index contributed by atoms with van der Waals surface area (Å²) in [6.45, 7) is 4.40. The number of halogens is 1. The Morgan fingerprint density at radius 3 is 2.53 bits per heavy atom. The molecule has 1 unspecified atom stereocenters. The third kappa shape index (κ3) is 3.25. The van der Waals surface area contributed by atoms with Gasteiger partial charge in [-0.25, -0.2) is 4.68 Å². The van der Waals surface area contributed by atoms with Crippen molar-refractivity contribution in [3.05, 3.63) is 10.3 Å². The zero-order valence-corrected chi connectivity index (χ0v) is 11.0. The van der Waals surface area contributed by atoms with E-state index in [4.69, 9.17) is 5.84 Å². The third-order valence-corrected chi connectivity index (χ3v) is 2.96. The van der Waals surface area contributed by atoms with Crippen LogP contribution in [0.15, 0.2) is 4.60 Å². The second-order valence-corrected chi connectivity index (χ2v) is 4.83. The van der Waals surface area contributed by atoms with E-state index in [2.05, 4.69) is 45.5 Å². The first-order valence-corrected chi connectivity index (χ1v) is 5.86. The van der Waals surface area contributed by atoms with Crippen molar-refractivity contribution in [1.82, 2.24) is 20.4 Å². The van der Waals surface area contributed by atoms with Gasteiger partial charge < -0.3 is 0 Å². The van der Waals surface area contributed by atoms with E-state index in [-0.39, 0.29) is 6.04 Å². The van der Waals surface area contributed by atoms with Crippen molar-refractivity contribution in [2.75, 3.05) is 0 Å². The Kier molecular flexibility index (Phi) is 4.69. The summed E-state index contributed by atoms with van der Waals surface area (Å²) in [7, 11) is 1.87. The van der Waals surface area contributed by atoms with Crippen molar-refractivity contribution in [3.63, 3.8) is 0 Å². The van der Waals surface area contributed by atoms with Crippen LogP contribution in [-0.4, -0.2) is 15.0 Å². The number of nitrogens with two attached hydrogens (primary N) is 1. The van der Waals surface area contributed by atoms with Crippen molar-refractivity contribution in [3.8, 4) is 0 Å². The van der Waals surface area contributed by atoms with Gasteiger partial charge in [0.25, 0.3) is 0 Å². The minimum atomic E-state index is 0.0989. The summed E-state index contributed by atoms with van der Waals surface area (Å²) >= 11 is 3.38. The van der Waals surface area contributed by atoms with Gasteiger partial charge >= 0.3 is 0 Å². The first-order chi connectivity index (χ1) is 7.06. The molecule has 0 fully saturated rings. The summed E-state index contributed by atoms with van der Waals surface area (Å²) in [6.07, 6.45) is 2.10. The van der Waals surface area contributed by atoms with E-state index in [9.17, 15) is 0 Å². The standard InChI is InChI=1S/C9H18BrN5/c1-6(2)4-5-7(12-11)8-9(10)13-14-15(8)3/h6-7,12H,4-5,11H2,1-3H3. The number of aromatic nitrogens is 3. The predicted molar refractivity (Wildman–Crippen MR) is 62.8 cm³/mol.